The average Bonchev–Trinajstić information content (AvgIpc) is 3.22. The van der Waals surface area contributed by atoms with E-state index in [0.29, 0.717) is 30.5 Å². The summed E-state index contributed by atoms with van der Waals surface area (Å²) in [5.41, 5.74) is 3.34. The summed E-state index contributed by atoms with van der Waals surface area (Å²) < 4.78 is 13.1. The molecule has 1 saturated heterocycles. The number of nitrogens with one attached hydrogen (secondary N) is 1. The largest absolute Gasteiger partial charge is 0.493 e. The van der Waals surface area contributed by atoms with E-state index in [1.165, 1.54) is 31.2 Å². The number of fused-ring (bicyclic) bond motifs is 1. The maximum Gasteiger partial charge on any atom is 0.220 e. The lowest BCUT2D eigenvalue weighted by Crippen LogP contribution is -2.39. The van der Waals surface area contributed by atoms with Crippen LogP contribution in [-0.4, -0.2) is 55.3 Å². The Balaban J connectivity index is 1.51. The Morgan fingerprint density at radius 2 is 1.91 bits per heavy atom. The fourth-order valence-electron chi connectivity index (χ4n) is 5.38. The third kappa shape index (κ3) is 5.81. The molecule has 0 spiro atoms. The molecule has 1 N–H and O–H groups in total. The van der Waals surface area contributed by atoms with Crippen LogP contribution in [0.5, 0.6) is 11.5 Å². The number of methoxy groups -OCH3 is 2. The van der Waals surface area contributed by atoms with Crippen LogP contribution in [0.1, 0.15) is 56.1 Å². The molecule has 6 nitrogen and oxygen atoms in total. The Morgan fingerprint density at radius 3 is 2.69 bits per heavy atom. The summed E-state index contributed by atoms with van der Waals surface area (Å²) in [7, 11) is 5.33. The van der Waals surface area contributed by atoms with Gasteiger partial charge in [-0.2, -0.15) is 0 Å². The van der Waals surface area contributed by atoms with E-state index in [4.69, 9.17) is 9.47 Å². The van der Waals surface area contributed by atoms with Crippen molar-refractivity contribution >= 4 is 16.8 Å². The first-order chi connectivity index (χ1) is 17.0. The molecule has 0 aliphatic carbocycles. The lowest BCUT2D eigenvalue weighted by atomic mass is 9.87. The first-order valence-corrected chi connectivity index (χ1v) is 12.8. The number of rotatable bonds is 10. The second-order valence-corrected chi connectivity index (χ2v) is 9.67. The van der Waals surface area contributed by atoms with E-state index >= 15 is 0 Å². The third-order valence-corrected chi connectivity index (χ3v) is 7.39. The number of hydrogen-bond acceptors (Lipinski definition) is 4. The first kappa shape index (κ1) is 25.1. The van der Waals surface area contributed by atoms with E-state index in [0.717, 1.165) is 29.6 Å². The Hall–Kier alpha value is -2.99. The lowest BCUT2D eigenvalue weighted by molar-refractivity contribution is -0.121. The van der Waals surface area contributed by atoms with Crippen LogP contribution in [0.25, 0.3) is 10.9 Å². The van der Waals surface area contributed by atoms with Gasteiger partial charge in [0.25, 0.3) is 0 Å². The second-order valence-electron chi connectivity index (χ2n) is 9.67. The molecule has 4 rings (SSSR count). The van der Waals surface area contributed by atoms with Gasteiger partial charge in [-0.15, -0.1) is 0 Å². The number of carbonyl (C=O) groups is 1. The molecule has 0 bridgehead atoms. The summed E-state index contributed by atoms with van der Waals surface area (Å²) >= 11 is 0. The molecule has 0 radical (unpaired) electrons. The highest BCUT2D eigenvalue weighted by Crippen LogP contribution is 2.38. The van der Waals surface area contributed by atoms with Crippen LogP contribution in [0, 0.1) is 0 Å². The molecule has 1 fully saturated rings. The van der Waals surface area contributed by atoms with E-state index in [9.17, 15) is 4.79 Å². The number of nitrogens with zero attached hydrogens (tertiary/aromatic N) is 2. The third-order valence-electron chi connectivity index (χ3n) is 7.39. The molecule has 2 unspecified atom stereocenters. The van der Waals surface area contributed by atoms with Gasteiger partial charge >= 0.3 is 0 Å². The molecule has 2 aromatic carbocycles. The topological polar surface area (TPSA) is 55.7 Å². The number of aromatic nitrogens is 1. The van der Waals surface area contributed by atoms with Gasteiger partial charge in [0.15, 0.2) is 11.5 Å². The van der Waals surface area contributed by atoms with Crippen LogP contribution in [0.15, 0.2) is 48.7 Å². The molecule has 1 aliphatic rings. The highest BCUT2D eigenvalue weighted by molar-refractivity contribution is 5.86. The summed E-state index contributed by atoms with van der Waals surface area (Å²) in [4.78, 5) is 15.7. The number of amides is 1. The van der Waals surface area contributed by atoms with Crippen molar-refractivity contribution in [3.8, 4) is 11.5 Å². The molecule has 3 aromatic rings. The number of piperidine rings is 1. The minimum atomic E-state index is -0.0944. The quantitative estimate of drug-likeness (QED) is 0.413. The van der Waals surface area contributed by atoms with Crippen molar-refractivity contribution in [2.45, 2.75) is 51.0 Å². The van der Waals surface area contributed by atoms with Crippen molar-refractivity contribution in [2.75, 3.05) is 33.9 Å². The normalized spacial score (nSPS) is 17.3. The molecule has 188 valence electrons. The molecule has 35 heavy (non-hydrogen) atoms. The zero-order chi connectivity index (χ0) is 24.8. The molecule has 0 saturated carbocycles. The summed E-state index contributed by atoms with van der Waals surface area (Å²) in [5, 5.41) is 4.35. The fourth-order valence-corrected chi connectivity index (χ4v) is 5.38. The zero-order valence-corrected chi connectivity index (χ0v) is 21.5. The van der Waals surface area contributed by atoms with E-state index < -0.39 is 0 Å². The van der Waals surface area contributed by atoms with Gasteiger partial charge in [0, 0.05) is 55.6 Å². The van der Waals surface area contributed by atoms with E-state index in [1.807, 2.05) is 24.3 Å². The summed E-state index contributed by atoms with van der Waals surface area (Å²) in [6.07, 6.45) is 7.41. The molecule has 2 heterocycles. The predicted octanol–water partition coefficient (Wildman–Crippen LogP) is 5.10. The van der Waals surface area contributed by atoms with Gasteiger partial charge in [-0.25, -0.2) is 0 Å². The summed E-state index contributed by atoms with van der Waals surface area (Å²) in [6.45, 7) is 5.24. The van der Waals surface area contributed by atoms with Crippen LogP contribution in [0.2, 0.25) is 0 Å². The van der Waals surface area contributed by atoms with Gasteiger partial charge in [-0.3, -0.25) is 4.79 Å². The number of hydrogen-bond donors (Lipinski definition) is 1. The molecule has 2 atom stereocenters. The van der Waals surface area contributed by atoms with Gasteiger partial charge < -0.3 is 24.3 Å². The van der Waals surface area contributed by atoms with Gasteiger partial charge in [-0.05, 0) is 62.1 Å². The van der Waals surface area contributed by atoms with Crippen molar-refractivity contribution in [1.29, 1.82) is 0 Å². The van der Waals surface area contributed by atoms with Crippen LogP contribution < -0.4 is 14.8 Å². The maximum absolute atomic E-state index is 13.1. The van der Waals surface area contributed by atoms with E-state index in [2.05, 4.69) is 53.2 Å². The van der Waals surface area contributed by atoms with Gasteiger partial charge in [0.2, 0.25) is 5.91 Å². The smallest absolute Gasteiger partial charge is 0.220 e. The van der Waals surface area contributed by atoms with Crippen molar-refractivity contribution in [3.63, 3.8) is 0 Å². The lowest BCUT2D eigenvalue weighted by Gasteiger charge is -2.33. The van der Waals surface area contributed by atoms with Gasteiger partial charge in [0.05, 0.1) is 14.2 Å². The minimum absolute atomic E-state index is 0.0735. The summed E-state index contributed by atoms with van der Waals surface area (Å²) in [6, 6.07) is 15.0. The van der Waals surface area contributed by atoms with Crippen molar-refractivity contribution in [1.82, 2.24) is 14.8 Å². The van der Waals surface area contributed by atoms with Gasteiger partial charge in [-0.1, -0.05) is 30.7 Å². The Labute approximate surface area is 209 Å². The number of carbonyl (C=O) groups excluding carboxylic acids is 1. The van der Waals surface area contributed by atoms with Crippen LogP contribution in [-0.2, 0) is 11.8 Å². The van der Waals surface area contributed by atoms with Gasteiger partial charge in [0.1, 0.15) is 0 Å². The Kier molecular flexibility index (Phi) is 8.34. The molecular weight excluding hydrogens is 438 g/mol. The molecule has 6 heteroatoms. The Bertz CT molecular complexity index is 1140. The van der Waals surface area contributed by atoms with E-state index in [1.54, 1.807) is 14.2 Å². The van der Waals surface area contributed by atoms with Crippen molar-refractivity contribution in [3.05, 3.63) is 59.8 Å². The van der Waals surface area contributed by atoms with Crippen LogP contribution >= 0.6 is 0 Å². The predicted molar refractivity (Wildman–Crippen MR) is 141 cm³/mol. The maximum atomic E-state index is 13.1. The highest BCUT2D eigenvalue weighted by atomic mass is 16.5. The number of aryl methyl sites for hydroxylation is 1. The summed E-state index contributed by atoms with van der Waals surface area (Å²) in [5.74, 6) is 1.34. The highest BCUT2D eigenvalue weighted by Gasteiger charge is 2.24. The molecular formula is C29H39N3O3. The monoisotopic (exact) mass is 477 g/mol. The average molecular weight is 478 g/mol. The Morgan fingerprint density at radius 1 is 1.11 bits per heavy atom. The van der Waals surface area contributed by atoms with Crippen LogP contribution in [0.3, 0.4) is 0 Å². The van der Waals surface area contributed by atoms with Crippen LogP contribution in [0.4, 0.5) is 0 Å². The fraction of sp³-hybridized carbons (Fsp3) is 0.483. The first-order valence-electron chi connectivity index (χ1n) is 12.8. The number of ether oxygens (including phenoxy) is 2. The standard InChI is InChI=1S/C29H39N3O3/c1-21-10-7-8-16-32(21)17-9-15-30-29(33)19-24(22-13-14-27(34-3)28(18-22)35-4)25-20-31(2)26-12-6-5-11-23(25)26/h5-6,11-14,18,20-21,24H,7-10,15-17,19H2,1-4H3,(H,30,33). The van der Waals surface area contributed by atoms with Crippen molar-refractivity contribution in [2.24, 2.45) is 7.05 Å². The second kappa shape index (κ2) is 11.6. The number of likely N-dealkylation sites (tertiary alicyclic amines) is 1. The number of benzene rings is 2. The number of para-hydroxylation sites is 1. The van der Waals surface area contributed by atoms with Crippen molar-refractivity contribution < 1.29 is 14.3 Å². The minimum Gasteiger partial charge on any atom is -0.493 e. The van der Waals surface area contributed by atoms with E-state index in [-0.39, 0.29) is 11.8 Å². The molecule has 1 amide bonds. The molecule has 1 aromatic heterocycles. The SMILES string of the molecule is COc1ccc(C(CC(=O)NCCCN2CCCCC2C)c2cn(C)c3ccccc23)cc1OC. The molecule has 1 aliphatic heterocycles. The zero-order valence-electron chi connectivity index (χ0n) is 21.5.